The Hall–Kier alpha value is -2.02. The number of rotatable bonds is 6. The number of hydrogen-bond acceptors (Lipinski definition) is 4. The van der Waals surface area contributed by atoms with Crippen molar-refractivity contribution < 1.29 is 9.59 Å². The maximum atomic E-state index is 12.9. The van der Waals surface area contributed by atoms with Gasteiger partial charge in [-0.05, 0) is 43.7 Å². The van der Waals surface area contributed by atoms with Crippen LogP contribution in [0.1, 0.15) is 45.4 Å². The number of nitrogens with one attached hydrogen (secondary N) is 1. The molecule has 156 valence electrons. The van der Waals surface area contributed by atoms with Gasteiger partial charge >= 0.3 is 0 Å². The zero-order valence-corrected chi connectivity index (χ0v) is 17.9. The molecule has 2 aliphatic rings. The second-order valence-corrected chi connectivity index (χ2v) is 9.31. The number of imidazole rings is 1. The number of likely N-dealkylation sites (tertiary alicyclic amines) is 1. The van der Waals surface area contributed by atoms with Crippen LogP contribution in [0.25, 0.3) is 11.0 Å². The van der Waals surface area contributed by atoms with Crippen LogP contribution in [0.15, 0.2) is 29.4 Å². The minimum absolute atomic E-state index is 0.0526. The smallest absolute Gasteiger partial charge is 0.242 e. The summed E-state index contributed by atoms with van der Waals surface area (Å²) in [6.07, 6.45) is 6.70. The van der Waals surface area contributed by atoms with Crippen LogP contribution in [-0.4, -0.2) is 51.1 Å². The first-order valence-electron chi connectivity index (χ1n) is 10.8. The zero-order valence-electron chi connectivity index (χ0n) is 17.1. The molecule has 1 aliphatic carbocycles. The number of piperidine rings is 1. The van der Waals surface area contributed by atoms with Crippen LogP contribution >= 0.6 is 11.8 Å². The number of thioether (sulfide) groups is 1. The van der Waals surface area contributed by atoms with E-state index in [1.807, 2.05) is 33.7 Å². The average molecular weight is 415 g/mol. The van der Waals surface area contributed by atoms with Crippen LogP contribution < -0.4 is 5.32 Å². The summed E-state index contributed by atoms with van der Waals surface area (Å²) >= 11 is 1.42. The number of hydrogen-bond donors (Lipinski definition) is 1. The van der Waals surface area contributed by atoms with Crippen LogP contribution in [0, 0.1) is 5.92 Å². The Labute approximate surface area is 176 Å². The average Bonchev–Trinajstić information content (AvgIpc) is 3.35. The van der Waals surface area contributed by atoms with Crippen molar-refractivity contribution in [3.05, 3.63) is 24.3 Å². The summed E-state index contributed by atoms with van der Waals surface area (Å²) in [4.78, 5) is 32.0. The Morgan fingerprint density at radius 1 is 1.14 bits per heavy atom. The summed E-state index contributed by atoms with van der Waals surface area (Å²) in [5, 5.41) is 3.87. The fourth-order valence-corrected chi connectivity index (χ4v) is 5.10. The first-order chi connectivity index (χ1) is 14.1. The monoisotopic (exact) mass is 414 g/mol. The number of amides is 2. The normalized spacial score (nSPS) is 18.4. The number of para-hydroxylation sites is 2. The van der Waals surface area contributed by atoms with Crippen molar-refractivity contribution in [3.8, 4) is 0 Å². The van der Waals surface area contributed by atoms with Gasteiger partial charge in [-0.1, -0.05) is 43.7 Å². The van der Waals surface area contributed by atoms with Crippen LogP contribution in [0.4, 0.5) is 0 Å². The molecule has 2 aromatic rings. The number of nitrogens with zero attached hydrogens (tertiary/aromatic N) is 3. The first-order valence-corrected chi connectivity index (χ1v) is 11.7. The van der Waals surface area contributed by atoms with Gasteiger partial charge in [0.05, 0.1) is 16.8 Å². The molecule has 6 nitrogen and oxygen atoms in total. The highest BCUT2D eigenvalue weighted by Gasteiger charge is 2.23. The fraction of sp³-hybridized carbons (Fsp3) is 0.591. The highest BCUT2D eigenvalue weighted by molar-refractivity contribution is 7.99. The Kier molecular flexibility index (Phi) is 6.43. The molecule has 1 saturated heterocycles. The Morgan fingerprint density at radius 3 is 2.62 bits per heavy atom. The van der Waals surface area contributed by atoms with E-state index in [9.17, 15) is 9.59 Å². The number of carbonyl (C=O) groups is 2. The van der Waals surface area contributed by atoms with Crippen LogP contribution in [0.2, 0.25) is 0 Å². The van der Waals surface area contributed by atoms with Gasteiger partial charge in [0.2, 0.25) is 11.8 Å². The van der Waals surface area contributed by atoms with E-state index >= 15 is 0 Å². The summed E-state index contributed by atoms with van der Waals surface area (Å²) in [6, 6.07) is 8.20. The van der Waals surface area contributed by atoms with Gasteiger partial charge in [0, 0.05) is 19.1 Å². The van der Waals surface area contributed by atoms with E-state index in [1.54, 1.807) is 0 Å². The Bertz CT molecular complexity index is 867. The molecule has 1 saturated carbocycles. The van der Waals surface area contributed by atoms with Gasteiger partial charge < -0.3 is 14.8 Å². The largest absolute Gasteiger partial charge is 0.353 e. The standard InChI is InChI=1S/C22H30N4O2S/c1-16-10-12-25(13-11-16)21(28)14-26-19-9-5-4-8-18(19)24-22(26)29-15-20(27)23-17-6-2-3-7-17/h4-5,8-9,16-17H,2-3,6-7,10-15H2,1H3,(H,23,27). The number of aromatic nitrogens is 2. The van der Waals surface area contributed by atoms with Gasteiger partial charge in [0.1, 0.15) is 6.54 Å². The second-order valence-electron chi connectivity index (χ2n) is 8.37. The third-order valence-corrected chi connectivity index (χ3v) is 7.08. The van der Waals surface area contributed by atoms with Crippen molar-refractivity contribution in [1.82, 2.24) is 19.8 Å². The Balaban J connectivity index is 1.45. The molecular formula is C22H30N4O2S. The van der Waals surface area contributed by atoms with E-state index in [4.69, 9.17) is 4.98 Å². The van der Waals surface area contributed by atoms with E-state index in [-0.39, 0.29) is 18.4 Å². The molecule has 1 aromatic heterocycles. The SMILES string of the molecule is CC1CCN(C(=O)Cn2c(SCC(=O)NC3CCCC3)nc3ccccc32)CC1. The minimum Gasteiger partial charge on any atom is -0.353 e. The minimum atomic E-state index is 0.0526. The second kappa shape index (κ2) is 9.20. The molecule has 1 N–H and O–H groups in total. The van der Waals surface area contributed by atoms with Crippen molar-refractivity contribution >= 4 is 34.6 Å². The van der Waals surface area contributed by atoms with E-state index < -0.39 is 0 Å². The maximum Gasteiger partial charge on any atom is 0.242 e. The van der Waals surface area contributed by atoms with Gasteiger partial charge in [-0.15, -0.1) is 0 Å². The van der Waals surface area contributed by atoms with Crippen LogP contribution in [0.5, 0.6) is 0 Å². The number of carbonyl (C=O) groups excluding carboxylic acids is 2. The van der Waals surface area contributed by atoms with Crippen molar-refractivity contribution in [1.29, 1.82) is 0 Å². The Morgan fingerprint density at radius 2 is 1.86 bits per heavy atom. The molecule has 29 heavy (non-hydrogen) atoms. The van der Waals surface area contributed by atoms with E-state index in [0.29, 0.717) is 17.7 Å². The van der Waals surface area contributed by atoms with Crippen molar-refractivity contribution in [3.63, 3.8) is 0 Å². The lowest BCUT2D eigenvalue weighted by Gasteiger charge is -2.30. The van der Waals surface area contributed by atoms with Gasteiger partial charge in [-0.2, -0.15) is 0 Å². The summed E-state index contributed by atoms with van der Waals surface area (Å²) < 4.78 is 1.98. The predicted molar refractivity (Wildman–Crippen MR) is 116 cm³/mol. The van der Waals surface area contributed by atoms with Crippen molar-refractivity contribution in [2.45, 2.75) is 63.2 Å². The van der Waals surface area contributed by atoms with Gasteiger partial charge in [-0.3, -0.25) is 9.59 Å². The molecule has 0 spiro atoms. The molecule has 1 aliphatic heterocycles. The molecular weight excluding hydrogens is 384 g/mol. The maximum absolute atomic E-state index is 12.9. The quantitative estimate of drug-likeness (QED) is 0.735. The molecule has 7 heteroatoms. The number of benzene rings is 1. The van der Waals surface area contributed by atoms with E-state index in [2.05, 4.69) is 12.2 Å². The summed E-state index contributed by atoms with van der Waals surface area (Å²) in [7, 11) is 0. The molecule has 0 radical (unpaired) electrons. The van der Waals surface area contributed by atoms with Gasteiger partial charge in [-0.25, -0.2) is 4.98 Å². The molecule has 2 amide bonds. The third kappa shape index (κ3) is 4.94. The third-order valence-electron chi connectivity index (χ3n) is 6.10. The number of fused-ring (bicyclic) bond motifs is 1. The lowest BCUT2D eigenvalue weighted by Crippen LogP contribution is -2.39. The summed E-state index contributed by atoms with van der Waals surface area (Å²) in [6.45, 7) is 4.19. The lowest BCUT2D eigenvalue weighted by atomic mass is 9.99. The molecule has 0 bridgehead atoms. The fourth-order valence-electron chi connectivity index (χ4n) is 4.28. The van der Waals surface area contributed by atoms with Crippen LogP contribution in [0.3, 0.4) is 0 Å². The molecule has 1 aromatic carbocycles. The van der Waals surface area contributed by atoms with E-state index in [0.717, 1.165) is 55.0 Å². The first kappa shape index (κ1) is 20.3. The van der Waals surface area contributed by atoms with Gasteiger partial charge in [0.15, 0.2) is 5.16 Å². The molecule has 0 unspecified atom stereocenters. The topological polar surface area (TPSA) is 67.2 Å². The highest BCUT2D eigenvalue weighted by atomic mass is 32.2. The predicted octanol–water partition coefficient (Wildman–Crippen LogP) is 3.45. The molecule has 0 atom stereocenters. The molecule has 2 fully saturated rings. The zero-order chi connectivity index (χ0) is 20.2. The highest BCUT2D eigenvalue weighted by Crippen LogP contribution is 2.25. The van der Waals surface area contributed by atoms with Gasteiger partial charge in [0.25, 0.3) is 0 Å². The van der Waals surface area contributed by atoms with Crippen molar-refractivity contribution in [2.24, 2.45) is 5.92 Å². The summed E-state index contributed by atoms with van der Waals surface area (Å²) in [5.41, 5.74) is 1.82. The van der Waals surface area contributed by atoms with Crippen molar-refractivity contribution in [2.75, 3.05) is 18.8 Å². The lowest BCUT2D eigenvalue weighted by molar-refractivity contribution is -0.133. The van der Waals surface area contributed by atoms with E-state index in [1.165, 1.54) is 24.6 Å². The molecule has 2 heterocycles. The molecule has 4 rings (SSSR count). The summed E-state index contributed by atoms with van der Waals surface area (Å²) in [5.74, 6) is 1.21. The van der Waals surface area contributed by atoms with Crippen LogP contribution in [-0.2, 0) is 16.1 Å².